The molecule has 0 aromatic carbocycles. The van der Waals surface area contributed by atoms with Crippen molar-refractivity contribution in [2.75, 3.05) is 6.61 Å². The topological polar surface area (TPSA) is 9.23 Å². The van der Waals surface area contributed by atoms with E-state index in [0.717, 1.165) is 31.7 Å². The molecule has 0 saturated carbocycles. The van der Waals surface area contributed by atoms with E-state index in [9.17, 15) is 0 Å². The zero-order valence-corrected chi connectivity index (χ0v) is 6.50. The van der Waals surface area contributed by atoms with Crippen molar-refractivity contribution in [3.8, 4) is 0 Å². The summed E-state index contributed by atoms with van der Waals surface area (Å²) in [5, 5.41) is 0. The van der Waals surface area contributed by atoms with Crippen molar-refractivity contribution in [1.82, 2.24) is 0 Å². The van der Waals surface area contributed by atoms with Gasteiger partial charge in [0.15, 0.2) is 0 Å². The fourth-order valence-electron chi connectivity index (χ4n) is 0.144. The molecule has 0 aliphatic heterocycles. The van der Waals surface area contributed by atoms with Crippen LogP contribution in [-0.2, 0) is 22.2 Å². The molecule has 0 amide bonds. The molecular weight excluding hydrogens is 117 g/mol. The van der Waals surface area contributed by atoms with Gasteiger partial charge < -0.3 is 0 Å². The van der Waals surface area contributed by atoms with E-state index >= 15 is 0 Å². The fraction of sp³-hybridized carbons (Fsp3) is 1.00. The molecule has 27 valence electrons. The Balaban J connectivity index is 2.19. The van der Waals surface area contributed by atoms with Crippen molar-refractivity contribution in [2.24, 2.45) is 0 Å². The van der Waals surface area contributed by atoms with Gasteiger partial charge in [-0.3, -0.25) is 0 Å². The Kier molecular flexibility index (Phi) is 5.12. The average molecular weight is 124 g/mol. The summed E-state index contributed by atoms with van der Waals surface area (Å²) in [5.74, 6) is 0. The monoisotopic (exact) mass is 123 g/mol. The van der Waals surface area contributed by atoms with Crippen LogP contribution in [-0.4, -0.2) is 6.61 Å². The Hall–Kier alpha value is 0.583. The Morgan fingerprint density at radius 1 is 1.80 bits per heavy atom. The minimum atomic E-state index is 0.944. The van der Waals surface area contributed by atoms with Crippen LogP contribution in [0.3, 0.4) is 0 Å². The fourth-order valence-corrected chi connectivity index (χ4v) is 0.750. The first-order valence-corrected chi connectivity index (χ1v) is 3.00. The quantitative estimate of drug-likeness (QED) is 0.497. The van der Waals surface area contributed by atoms with Crippen LogP contribution >= 0.6 is 0 Å². The van der Waals surface area contributed by atoms with Crippen LogP contribution in [0.25, 0.3) is 0 Å². The van der Waals surface area contributed by atoms with Gasteiger partial charge in [0.1, 0.15) is 0 Å². The second kappa shape index (κ2) is 4.58. The van der Waals surface area contributed by atoms with E-state index in [1.54, 1.807) is 0 Å². The molecule has 0 atom stereocenters. The second-order valence-corrected chi connectivity index (χ2v) is 1.76. The van der Waals surface area contributed by atoms with Gasteiger partial charge in [-0.2, -0.15) is 0 Å². The van der Waals surface area contributed by atoms with Crippen molar-refractivity contribution < 1.29 is 22.2 Å². The average Bonchev–Trinajstić information content (AvgIpc) is 1.41. The summed E-state index contributed by atoms with van der Waals surface area (Å²) in [5.41, 5.74) is 0. The van der Waals surface area contributed by atoms with Crippen LogP contribution in [0.15, 0.2) is 0 Å². The third-order valence-electron chi connectivity index (χ3n) is 0.348. The summed E-state index contributed by atoms with van der Waals surface area (Å²) < 4.78 is 4.82. The molecule has 0 aliphatic rings. The van der Waals surface area contributed by atoms with Gasteiger partial charge in [-0.1, -0.05) is 0 Å². The van der Waals surface area contributed by atoms with Gasteiger partial charge in [-0.25, -0.2) is 0 Å². The Bertz CT molecular complexity index is 14.4. The maximum atomic E-state index is 4.82. The third kappa shape index (κ3) is 4.58. The summed E-state index contributed by atoms with van der Waals surface area (Å²) in [6, 6.07) is 0. The van der Waals surface area contributed by atoms with Gasteiger partial charge in [0.25, 0.3) is 0 Å². The summed E-state index contributed by atoms with van der Waals surface area (Å²) in [6.45, 7) is 3.05. The molecule has 0 aromatic heterocycles. The van der Waals surface area contributed by atoms with E-state index < -0.39 is 0 Å². The predicted molar refractivity (Wildman–Crippen MR) is 16.2 cm³/mol. The summed E-state index contributed by atoms with van der Waals surface area (Å²) >= 11 is 0.980. The molecule has 0 N–H and O–H groups in total. The van der Waals surface area contributed by atoms with E-state index in [1.165, 1.54) is 0 Å². The van der Waals surface area contributed by atoms with E-state index in [2.05, 4.69) is 6.92 Å². The summed E-state index contributed by atoms with van der Waals surface area (Å²) in [7, 11) is 0. The molecule has 1 nitrogen and oxygen atoms in total. The van der Waals surface area contributed by atoms with Crippen LogP contribution in [0.4, 0.5) is 0 Å². The van der Waals surface area contributed by atoms with Gasteiger partial charge in [0, 0.05) is 0 Å². The molecule has 0 bridgehead atoms. The van der Waals surface area contributed by atoms with Crippen LogP contribution < -0.4 is 0 Å². The van der Waals surface area contributed by atoms with Crippen LogP contribution in [0.2, 0.25) is 0 Å². The maximum absolute atomic E-state index is 4.82. The first-order chi connectivity index (χ1) is 2.41. The molecule has 5 heavy (non-hydrogen) atoms. The molecule has 0 radical (unpaired) electrons. The predicted octanol–water partition coefficient (Wildman–Crippen LogP) is 0.875. The summed E-state index contributed by atoms with van der Waals surface area (Å²) in [6.07, 6.45) is 1.15. The zero-order chi connectivity index (χ0) is 4.12. The van der Waals surface area contributed by atoms with Gasteiger partial charge in [0.2, 0.25) is 0 Å². The SMILES string of the molecule is CCC[O][Zn]. The van der Waals surface area contributed by atoms with Crippen molar-refractivity contribution in [3.63, 3.8) is 0 Å². The second-order valence-electron chi connectivity index (χ2n) is 0.908. The molecule has 0 aliphatic carbocycles. The van der Waals surface area contributed by atoms with Crippen molar-refractivity contribution in [1.29, 1.82) is 0 Å². The summed E-state index contributed by atoms with van der Waals surface area (Å²) in [4.78, 5) is 0. The third-order valence-corrected chi connectivity index (χ3v) is 0.954. The van der Waals surface area contributed by atoms with Gasteiger partial charge in [-0.05, 0) is 0 Å². The van der Waals surface area contributed by atoms with Crippen LogP contribution in [0.1, 0.15) is 13.3 Å². The van der Waals surface area contributed by atoms with Crippen molar-refractivity contribution >= 4 is 0 Å². The first-order valence-electron chi connectivity index (χ1n) is 1.78. The standard InChI is InChI=1S/C3H7O.Zn/c1-2-3-4;/h2-3H2,1H3;/q-1;+1. The Labute approximate surface area is 42.8 Å². The number of hydrogen-bond donors (Lipinski definition) is 0. The van der Waals surface area contributed by atoms with Gasteiger partial charge >= 0.3 is 42.2 Å². The van der Waals surface area contributed by atoms with E-state index in [1.807, 2.05) is 0 Å². The van der Waals surface area contributed by atoms with Crippen molar-refractivity contribution in [3.05, 3.63) is 0 Å². The molecule has 0 heterocycles. The molecule has 0 spiro atoms. The molecule has 0 unspecified atom stereocenters. The first kappa shape index (κ1) is 5.58. The van der Waals surface area contributed by atoms with Crippen molar-refractivity contribution in [2.45, 2.75) is 13.3 Å². The molecule has 2 heteroatoms. The molecule has 0 saturated heterocycles. The molecule has 0 aromatic rings. The van der Waals surface area contributed by atoms with Gasteiger partial charge in [-0.15, -0.1) is 0 Å². The van der Waals surface area contributed by atoms with Crippen LogP contribution in [0.5, 0.6) is 0 Å². The van der Waals surface area contributed by atoms with E-state index in [4.69, 9.17) is 3.56 Å². The molecule has 0 fully saturated rings. The Morgan fingerprint density at radius 2 is 2.40 bits per heavy atom. The van der Waals surface area contributed by atoms with E-state index in [0.29, 0.717) is 0 Å². The van der Waals surface area contributed by atoms with Gasteiger partial charge in [0.05, 0.1) is 0 Å². The minimum absolute atomic E-state index is 0.944. The van der Waals surface area contributed by atoms with E-state index in [-0.39, 0.29) is 0 Å². The number of hydrogen-bond acceptors (Lipinski definition) is 1. The Morgan fingerprint density at radius 3 is 2.40 bits per heavy atom. The molecule has 0 rings (SSSR count). The zero-order valence-electron chi connectivity index (χ0n) is 3.53. The van der Waals surface area contributed by atoms with Crippen LogP contribution in [0, 0.1) is 0 Å². The number of rotatable bonds is 2. The molecular formula is C3H7OZn. The normalized spacial score (nSPS) is 8.60.